The van der Waals surface area contributed by atoms with Gasteiger partial charge in [0.15, 0.2) is 0 Å². The second-order valence-corrected chi connectivity index (χ2v) is 8.26. The molecule has 2 aromatic rings. The van der Waals surface area contributed by atoms with E-state index >= 15 is 0 Å². The summed E-state index contributed by atoms with van der Waals surface area (Å²) in [6.45, 7) is 2.97. The summed E-state index contributed by atoms with van der Waals surface area (Å²) in [5.41, 5.74) is 2.39. The fraction of sp³-hybridized carbons (Fsp3) is 0.417. The first kappa shape index (κ1) is 20.6. The molecular formula is C24H29N3O3. The zero-order valence-corrected chi connectivity index (χ0v) is 17.4. The molecule has 2 aromatic carbocycles. The van der Waals surface area contributed by atoms with Crippen LogP contribution in [0.15, 0.2) is 54.6 Å². The number of aryl methyl sites for hydroxylation is 1. The summed E-state index contributed by atoms with van der Waals surface area (Å²) in [6, 6.07) is 18.0. The van der Waals surface area contributed by atoms with Crippen LogP contribution in [0.25, 0.3) is 0 Å². The van der Waals surface area contributed by atoms with Gasteiger partial charge in [0.05, 0.1) is 18.1 Å². The molecule has 4 rings (SSSR count). The van der Waals surface area contributed by atoms with E-state index in [1.54, 1.807) is 7.11 Å². The Kier molecular flexibility index (Phi) is 6.16. The maximum atomic E-state index is 13.1. The van der Waals surface area contributed by atoms with Crippen molar-refractivity contribution in [3.05, 3.63) is 71.3 Å². The predicted octanol–water partition coefficient (Wildman–Crippen LogP) is 2.00. The number of likely N-dealkylation sites (tertiary alicyclic amines) is 1. The van der Waals surface area contributed by atoms with E-state index < -0.39 is 5.54 Å². The average Bonchev–Trinajstić information content (AvgIpc) is 3.03. The van der Waals surface area contributed by atoms with Gasteiger partial charge in [-0.1, -0.05) is 48.5 Å². The fourth-order valence-corrected chi connectivity index (χ4v) is 4.76. The molecule has 2 aliphatic rings. The molecule has 2 heterocycles. The Morgan fingerprint density at radius 3 is 2.77 bits per heavy atom. The van der Waals surface area contributed by atoms with Gasteiger partial charge < -0.3 is 15.4 Å². The third-order valence-electron chi connectivity index (χ3n) is 6.25. The van der Waals surface area contributed by atoms with E-state index in [-0.39, 0.29) is 17.7 Å². The largest absolute Gasteiger partial charge is 0.383 e. The van der Waals surface area contributed by atoms with E-state index in [9.17, 15) is 9.59 Å². The molecule has 1 fully saturated rings. The van der Waals surface area contributed by atoms with Crippen LogP contribution < -0.4 is 10.6 Å². The van der Waals surface area contributed by atoms with Crippen molar-refractivity contribution in [2.24, 2.45) is 5.92 Å². The maximum absolute atomic E-state index is 13.1. The lowest BCUT2D eigenvalue weighted by molar-refractivity contribution is -0.126. The van der Waals surface area contributed by atoms with Crippen LogP contribution in [0.3, 0.4) is 0 Å². The molecule has 0 unspecified atom stereocenters. The van der Waals surface area contributed by atoms with E-state index in [2.05, 4.69) is 27.7 Å². The number of carbonyl (C=O) groups is 2. The number of amides is 2. The SMILES string of the molecule is COCCNC(=O)[C@@H]1CN(Cc2ccccc2)C[C@]12CCc1ccccc1C(=O)N2. The molecule has 0 bridgehead atoms. The van der Waals surface area contributed by atoms with Gasteiger partial charge in [0.2, 0.25) is 5.91 Å². The molecule has 30 heavy (non-hydrogen) atoms. The lowest BCUT2D eigenvalue weighted by Crippen LogP contribution is -2.57. The smallest absolute Gasteiger partial charge is 0.252 e. The third-order valence-corrected chi connectivity index (χ3v) is 6.25. The van der Waals surface area contributed by atoms with Crippen molar-refractivity contribution in [2.75, 3.05) is 33.4 Å². The quantitative estimate of drug-likeness (QED) is 0.719. The van der Waals surface area contributed by atoms with Gasteiger partial charge in [-0.3, -0.25) is 14.5 Å². The minimum absolute atomic E-state index is 0.0196. The minimum atomic E-state index is -0.581. The van der Waals surface area contributed by atoms with E-state index in [0.717, 1.165) is 30.5 Å². The van der Waals surface area contributed by atoms with Gasteiger partial charge in [-0.25, -0.2) is 0 Å². The number of benzene rings is 2. The molecule has 2 N–H and O–H groups in total. The summed E-state index contributed by atoms with van der Waals surface area (Å²) in [6.07, 6.45) is 1.51. The Bertz CT molecular complexity index is 902. The molecule has 0 aliphatic carbocycles. The summed E-state index contributed by atoms with van der Waals surface area (Å²) in [5, 5.41) is 6.27. The molecule has 1 saturated heterocycles. The maximum Gasteiger partial charge on any atom is 0.252 e. The Morgan fingerprint density at radius 1 is 1.20 bits per heavy atom. The monoisotopic (exact) mass is 407 g/mol. The van der Waals surface area contributed by atoms with Crippen molar-refractivity contribution >= 4 is 11.8 Å². The zero-order chi connectivity index (χ0) is 21.0. The van der Waals surface area contributed by atoms with Crippen LogP contribution in [0, 0.1) is 5.92 Å². The van der Waals surface area contributed by atoms with Gasteiger partial charge in [0, 0.05) is 38.9 Å². The molecular weight excluding hydrogens is 378 g/mol. The second-order valence-electron chi connectivity index (χ2n) is 8.26. The second kappa shape index (κ2) is 8.98. The van der Waals surface area contributed by atoms with E-state index in [4.69, 9.17) is 4.74 Å². The lowest BCUT2D eigenvalue weighted by Gasteiger charge is -2.34. The van der Waals surface area contributed by atoms with Gasteiger partial charge in [0.25, 0.3) is 5.91 Å². The van der Waals surface area contributed by atoms with Crippen molar-refractivity contribution in [3.8, 4) is 0 Å². The van der Waals surface area contributed by atoms with Crippen LogP contribution in [0.4, 0.5) is 0 Å². The number of rotatable bonds is 6. The highest BCUT2D eigenvalue weighted by atomic mass is 16.5. The van der Waals surface area contributed by atoms with E-state index in [0.29, 0.717) is 26.2 Å². The Balaban J connectivity index is 1.59. The molecule has 1 spiro atoms. The summed E-state index contributed by atoms with van der Waals surface area (Å²) in [4.78, 5) is 28.5. The number of methoxy groups -OCH3 is 1. The molecule has 2 atom stereocenters. The fourth-order valence-electron chi connectivity index (χ4n) is 4.76. The van der Waals surface area contributed by atoms with Crippen molar-refractivity contribution in [1.82, 2.24) is 15.5 Å². The molecule has 6 heteroatoms. The highest BCUT2D eigenvalue weighted by Gasteiger charge is 2.51. The van der Waals surface area contributed by atoms with Gasteiger partial charge in [-0.15, -0.1) is 0 Å². The van der Waals surface area contributed by atoms with Crippen LogP contribution in [0.1, 0.15) is 27.9 Å². The van der Waals surface area contributed by atoms with Gasteiger partial charge >= 0.3 is 0 Å². The molecule has 0 radical (unpaired) electrons. The third kappa shape index (κ3) is 4.25. The zero-order valence-electron chi connectivity index (χ0n) is 17.4. The lowest BCUT2D eigenvalue weighted by atomic mass is 9.82. The first-order chi connectivity index (χ1) is 14.6. The summed E-state index contributed by atoms with van der Waals surface area (Å²) >= 11 is 0. The summed E-state index contributed by atoms with van der Waals surface area (Å²) < 4.78 is 5.08. The van der Waals surface area contributed by atoms with Crippen molar-refractivity contribution in [2.45, 2.75) is 24.9 Å². The number of carbonyl (C=O) groups excluding carboxylic acids is 2. The number of hydrogen-bond donors (Lipinski definition) is 2. The summed E-state index contributed by atoms with van der Waals surface area (Å²) in [5.74, 6) is -0.412. The van der Waals surface area contributed by atoms with Gasteiger partial charge in [0.1, 0.15) is 0 Å². The van der Waals surface area contributed by atoms with Crippen LogP contribution >= 0.6 is 0 Å². The highest BCUT2D eigenvalue weighted by molar-refractivity contribution is 5.97. The predicted molar refractivity (Wildman–Crippen MR) is 115 cm³/mol. The Morgan fingerprint density at radius 2 is 1.97 bits per heavy atom. The summed E-state index contributed by atoms with van der Waals surface area (Å²) in [7, 11) is 1.62. The topological polar surface area (TPSA) is 70.7 Å². The first-order valence-corrected chi connectivity index (χ1v) is 10.5. The number of ether oxygens (including phenoxy) is 1. The Hall–Kier alpha value is -2.70. The van der Waals surface area contributed by atoms with E-state index in [1.165, 1.54) is 5.56 Å². The van der Waals surface area contributed by atoms with Crippen molar-refractivity contribution < 1.29 is 14.3 Å². The van der Waals surface area contributed by atoms with Crippen molar-refractivity contribution in [3.63, 3.8) is 0 Å². The number of fused-ring (bicyclic) bond motifs is 1. The first-order valence-electron chi connectivity index (χ1n) is 10.5. The van der Waals surface area contributed by atoms with Crippen LogP contribution in [0.5, 0.6) is 0 Å². The van der Waals surface area contributed by atoms with E-state index in [1.807, 2.05) is 42.5 Å². The number of nitrogens with zero attached hydrogens (tertiary/aromatic N) is 1. The van der Waals surface area contributed by atoms with Gasteiger partial charge in [-0.05, 0) is 30.0 Å². The highest BCUT2D eigenvalue weighted by Crippen LogP contribution is 2.36. The van der Waals surface area contributed by atoms with Gasteiger partial charge in [-0.2, -0.15) is 0 Å². The molecule has 158 valence electrons. The molecule has 6 nitrogen and oxygen atoms in total. The van der Waals surface area contributed by atoms with Crippen LogP contribution in [0.2, 0.25) is 0 Å². The minimum Gasteiger partial charge on any atom is -0.383 e. The molecule has 2 amide bonds. The van der Waals surface area contributed by atoms with Crippen LogP contribution in [-0.4, -0.2) is 55.6 Å². The normalized spacial score (nSPS) is 23.6. The average molecular weight is 408 g/mol. The van der Waals surface area contributed by atoms with Crippen molar-refractivity contribution in [1.29, 1.82) is 0 Å². The molecule has 0 saturated carbocycles. The number of nitrogens with one attached hydrogen (secondary N) is 2. The Labute approximate surface area is 177 Å². The molecule has 0 aromatic heterocycles. The van der Waals surface area contributed by atoms with Crippen LogP contribution in [-0.2, 0) is 22.5 Å². The standard InChI is InChI=1S/C24H29N3O3/c1-30-14-13-25-23(29)21-16-27(15-18-7-3-2-4-8-18)17-24(21)12-11-19-9-5-6-10-20(19)22(28)26-24/h2-10,21H,11-17H2,1H3,(H,25,29)(H,26,28)/t21-,24+/m0/s1. The molecule has 2 aliphatic heterocycles. The number of hydrogen-bond acceptors (Lipinski definition) is 4.